The highest BCUT2D eigenvalue weighted by Gasteiger charge is 2.35. The molecule has 7 heteroatoms. The van der Waals surface area contributed by atoms with E-state index in [9.17, 15) is 13.2 Å². The molecule has 0 radical (unpaired) electrons. The number of aryl methyl sites for hydroxylation is 1. The molecule has 0 spiro atoms. The number of halogens is 3. The van der Waals surface area contributed by atoms with Crippen LogP contribution >= 0.6 is 0 Å². The average Bonchev–Trinajstić information content (AvgIpc) is 2.70. The quantitative estimate of drug-likeness (QED) is 0.754. The summed E-state index contributed by atoms with van der Waals surface area (Å²) in [6, 6.07) is 4.86. The molecule has 0 fully saturated rings. The smallest absolute Gasteiger partial charge is 0.398 e. The maximum Gasteiger partial charge on any atom is 0.451 e. The average molecular weight is 242 g/mol. The van der Waals surface area contributed by atoms with Gasteiger partial charge in [0.2, 0.25) is 5.82 Å². The van der Waals surface area contributed by atoms with Crippen LogP contribution in [0.1, 0.15) is 11.4 Å². The molecule has 0 aliphatic heterocycles. The second-order valence-electron chi connectivity index (χ2n) is 3.58. The molecule has 2 aromatic rings. The summed E-state index contributed by atoms with van der Waals surface area (Å²) >= 11 is 0. The van der Waals surface area contributed by atoms with E-state index in [2.05, 4.69) is 10.1 Å². The fourth-order valence-electron chi connectivity index (χ4n) is 1.30. The summed E-state index contributed by atoms with van der Waals surface area (Å²) in [6.45, 7) is 1.80. The fourth-order valence-corrected chi connectivity index (χ4v) is 1.30. The molecule has 0 atom stereocenters. The number of hydrogen-bond acceptors (Lipinski definition) is 3. The maximum atomic E-state index is 12.3. The molecule has 1 aromatic carbocycles. The van der Waals surface area contributed by atoms with Gasteiger partial charge >= 0.3 is 6.18 Å². The first-order chi connectivity index (χ1) is 7.88. The van der Waals surface area contributed by atoms with Crippen LogP contribution in [0.2, 0.25) is 0 Å². The Kier molecular flexibility index (Phi) is 2.53. The highest BCUT2D eigenvalue weighted by atomic mass is 19.4. The number of nitrogens with two attached hydrogens (primary N) is 1. The number of aromatic nitrogens is 3. The highest BCUT2D eigenvalue weighted by Crippen LogP contribution is 2.28. The van der Waals surface area contributed by atoms with Gasteiger partial charge in [0.25, 0.3) is 0 Å². The molecule has 2 rings (SSSR count). The summed E-state index contributed by atoms with van der Waals surface area (Å²) in [7, 11) is 0. The SMILES string of the molecule is Cc1ccc(-c2n[nH]c(C(F)(F)F)n2)cc1N. The minimum Gasteiger partial charge on any atom is -0.398 e. The number of nitrogens with zero attached hydrogens (tertiary/aromatic N) is 2. The molecule has 0 amide bonds. The van der Waals surface area contributed by atoms with E-state index in [1.165, 1.54) is 0 Å². The van der Waals surface area contributed by atoms with Gasteiger partial charge in [0.15, 0.2) is 5.82 Å². The Bertz CT molecular complexity index is 545. The number of rotatable bonds is 1. The van der Waals surface area contributed by atoms with Gasteiger partial charge in [-0.1, -0.05) is 12.1 Å². The second kappa shape index (κ2) is 3.76. The van der Waals surface area contributed by atoms with E-state index in [1.54, 1.807) is 25.1 Å². The van der Waals surface area contributed by atoms with Crippen LogP contribution in [0.5, 0.6) is 0 Å². The molecule has 17 heavy (non-hydrogen) atoms. The lowest BCUT2D eigenvalue weighted by molar-refractivity contribution is -0.144. The summed E-state index contributed by atoms with van der Waals surface area (Å²) in [5.74, 6) is -1.14. The molecule has 0 aliphatic rings. The lowest BCUT2D eigenvalue weighted by atomic mass is 10.1. The van der Waals surface area contributed by atoms with E-state index < -0.39 is 12.0 Å². The first-order valence-corrected chi connectivity index (χ1v) is 4.74. The molecular weight excluding hydrogens is 233 g/mol. The van der Waals surface area contributed by atoms with Crippen LogP contribution in [-0.4, -0.2) is 15.2 Å². The standard InChI is InChI=1S/C10H9F3N4/c1-5-2-3-6(4-7(5)14)8-15-9(17-16-8)10(11,12)13/h2-4H,14H2,1H3,(H,15,16,17). The van der Waals surface area contributed by atoms with Crippen LogP contribution in [0.3, 0.4) is 0 Å². The Morgan fingerprint density at radius 3 is 2.53 bits per heavy atom. The van der Waals surface area contributed by atoms with Crippen molar-refractivity contribution in [3.63, 3.8) is 0 Å². The van der Waals surface area contributed by atoms with Crippen molar-refractivity contribution in [1.29, 1.82) is 0 Å². The number of benzene rings is 1. The summed E-state index contributed by atoms with van der Waals surface area (Å²) in [6.07, 6.45) is -4.53. The fraction of sp³-hybridized carbons (Fsp3) is 0.200. The minimum atomic E-state index is -4.53. The third-order valence-corrected chi connectivity index (χ3v) is 2.29. The van der Waals surface area contributed by atoms with Gasteiger partial charge in [0, 0.05) is 11.3 Å². The molecule has 0 saturated carbocycles. The number of H-pyrrole nitrogens is 1. The first-order valence-electron chi connectivity index (χ1n) is 4.74. The molecule has 0 bridgehead atoms. The number of nitrogens with one attached hydrogen (secondary N) is 1. The van der Waals surface area contributed by atoms with Crippen LogP contribution in [0.25, 0.3) is 11.4 Å². The van der Waals surface area contributed by atoms with Gasteiger partial charge in [-0.05, 0) is 18.6 Å². The Morgan fingerprint density at radius 2 is 2.00 bits per heavy atom. The zero-order valence-corrected chi connectivity index (χ0v) is 8.84. The minimum absolute atomic E-state index is 0.0241. The van der Waals surface area contributed by atoms with Crippen LogP contribution in [0.4, 0.5) is 18.9 Å². The van der Waals surface area contributed by atoms with Crippen LogP contribution in [-0.2, 0) is 6.18 Å². The van der Waals surface area contributed by atoms with Crippen molar-refractivity contribution in [2.24, 2.45) is 0 Å². The van der Waals surface area contributed by atoms with Crippen LogP contribution in [0, 0.1) is 6.92 Å². The largest absolute Gasteiger partial charge is 0.451 e. The van der Waals surface area contributed by atoms with Crippen molar-refractivity contribution in [1.82, 2.24) is 15.2 Å². The summed E-state index contributed by atoms with van der Waals surface area (Å²) in [5.41, 5.74) is 7.44. The van der Waals surface area contributed by atoms with Gasteiger partial charge in [-0.15, -0.1) is 0 Å². The van der Waals surface area contributed by atoms with E-state index in [-0.39, 0.29) is 5.82 Å². The van der Waals surface area contributed by atoms with Crippen LogP contribution in [0.15, 0.2) is 18.2 Å². The van der Waals surface area contributed by atoms with Crippen LogP contribution < -0.4 is 5.73 Å². The number of anilines is 1. The van der Waals surface area contributed by atoms with Crippen molar-refractivity contribution < 1.29 is 13.2 Å². The lowest BCUT2D eigenvalue weighted by Crippen LogP contribution is -2.07. The predicted molar refractivity (Wildman–Crippen MR) is 56.0 cm³/mol. The number of hydrogen-bond donors (Lipinski definition) is 2. The van der Waals surface area contributed by atoms with Crippen molar-refractivity contribution in [3.8, 4) is 11.4 Å². The van der Waals surface area contributed by atoms with Crippen molar-refractivity contribution >= 4 is 5.69 Å². The van der Waals surface area contributed by atoms with E-state index in [4.69, 9.17) is 5.73 Å². The second-order valence-corrected chi connectivity index (χ2v) is 3.58. The molecule has 1 heterocycles. The van der Waals surface area contributed by atoms with E-state index >= 15 is 0 Å². The monoisotopic (exact) mass is 242 g/mol. The zero-order valence-electron chi connectivity index (χ0n) is 8.84. The molecule has 0 aliphatic carbocycles. The highest BCUT2D eigenvalue weighted by molar-refractivity contribution is 5.63. The number of nitrogen functional groups attached to an aromatic ring is 1. The summed E-state index contributed by atoms with van der Waals surface area (Å²) in [4.78, 5) is 3.38. The van der Waals surface area contributed by atoms with Crippen molar-refractivity contribution in [2.75, 3.05) is 5.73 Å². The van der Waals surface area contributed by atoms with Gasteiger partial charge in [-0.25, -0.2) is 4.98 Å². The summed E-state index contributed by atoms with van der Waals surface area (Å²) in [5, 5.41) is 5.36. The Labute approximate surface area is 94.7 Å². The van der Waals surface area contributed by atoms with E-state index in [1.807, 2.05) is 5.10 Å². The number of aromatic amines is 1. The molecule has 0 unspecified atom stereocenters. The summed E-state index contributed by atoms with van der Waals surface area (Å²) < 4.78 is 36.9. The normalized spacial score (nSPS) is 11.8. The topological polar surface area (TPSA) is 67.6 Å². The zero-order chi connectivity index (χ0) is 12.6. The van der Waals surface area contributed by atoms with Gasteiger partial charge in [-0.3, -0.25) is 5.10 Å². The molecule has 3 N–H and O–H groups in total. The molecular formula is C10H9F3N4. The first kappa shape index (κ1) is 11.4. The van der Waals surface area contributed by atoms with Gasteiger partial charge in [0.05, 0.1) is 0 Å². The van der Waals surface area contributed by atoms with Gasteiger partial charge < -0.3 is 5.73 Å². The van der Waals surface area contributed by atoms with Gasteiger partial charge in [-0.2, -0.15) is 18.3 Å². The Balaban J connectivity index is 2.40. The Morgan fingerprint density at radius 1 is 1.29 bits per heavy atom. The third kappa shape index (κ3) is 2.22. The Hall–Kier alpha value is -2.05. The lowest BCUT2D eigenvalue weighted by Gasteiger charge is -2.01. The van der Waals surface area contributed by atoms with E-state index in [0.29, 0.717) is 11.3 Å². The predicted octanol–water partition coefficient (Wildman–Crippen LogP) is 2.38. The van der Waals surface area contributed by atoms with Gasteiger partial charge in [0.1, 0.15) is 0 Å². The molecule has 4 nitrogen and oxygen atoms in total. The third-order valence-electron chi connectivity index (χ3n) is 2.29. The van der Waals surface area contributed by atoms with Crippen molar-refractivity contribution in [2.45, 2.75) is 13.1 Å². The maximum absolute atomic E-state index is 12.3. The molecule has 1 aromatic heterocycles. The molecule has 90 valence electrons. The van der Waals surface area contributed by atoms with E-state index in [0.717, 1.165) is 5.56 Å². The number of alkyl halides is 3. The molecule has 0 saturated heterocycles. The van der Waals surface area contributed by atoms with Crippen molar-refractivity contribution in [3.05, 3.63) is 29.6 Å².